The molecule has 0 bridgehead atoms. The van der Waals surface area contributed by atoms with Crippen molar-refractivity contribution in [1.82, 2.24) is 24.7 Å². The van der Waals surface area contributed by atoms with Crippen LogP contribution < -0.4 is 0 Å². The molecule has 0 aliphatic carbocycles. The van der Waals surface area contributed by atoms with Crippen LogP contribution in [0.15, 0.2) is 39.9 Å². The van der Waals surface area contributed by atoms with Gasteiger partial charge in [0.15, 0.2) is 5.82 Å². The number of hydrogen-bond acceptors (Lipinski definition) is 4. The van der Waals surface area contributed by atoms with Crippen molar-refractivity contribution in [3.63, 3.8) is 0 Å². The van der Waals surface area contributed by atoms with E-state index in [1.165, 1.54) is 0 Å². The zero-order valence-corrected chi connectivity index (χ0v) is 14.1. The fourth-order valence-corrected chi connectivity index (χ4v) is 2.53. The summed E-state index contributed by atoms with van der Waals surface area (Å²) in [6.07, 6.45) is 1.77. The van der Waals surface area contributed by atoms with Crippen molar-refractivity contribution in [2.45, 2.75) is 20.8 Å². The molecule has 2 heterocycles. The van der Waals surface area contributed by atoms with Crippen LogP contribution in [-0.2, 0) is 0 Å². The summed E-state index contributed by atoms with van der Waals surface area (Å²) >= 11 is 3.51. The monoisotopic (exact) mass is 358 g/mol. The number of hydrogen-bond donors (Lipinski definition) is 0. The number of rotatable bonds is 3. The standard InChI is InChI=1S/C15H15BrN6/c1-10-8-11(2)21(20-10)15-19-18-12(3)22(15)17-9-13-6-4-5-7-14(13)16/h4-9H,1-3H3/b17-9-. The molecule has 22 heavy (non-hydrogen) atoms. The molecule has 0 aliphatic heterocycles. The molecule has 0 saturated carbocycles. The van der Waals surface area contributed by atoms with Gasteiger partial charge in [-0.15, -0.1) is 10.2 Å². The maximum atomic E-state index is 4.50. The average Bonchev–Trinajstić information content (AvgIpc) is 3.00. The van der Waals surface area contributed by atoms with Crippen LogP contribution in [0.5, 0.6) is 0 Å². The predicted molar refractivity (Wildman–Crippen MR) is 88.5 cm³/mol. The van der Waals surface area contributed by atoms with Crippen molar-refractivity contribution in [2.75, 3.05) is 0 Å². The maximum Gasteiger partial charge on any atom is 0.273 e. The molecule has 112 valence electrons. The molecule has 3 rings (SSSR count). The van der Waals surface area contributed by atoms with Crippen molar-refractivity contribution < 1.29 is 0 Å². The minimum absolute atomic E-state index is 0.575. The van der Waals surface area contributed by atoms with E-state index in [1.807, 2.05) is 51.1 Å². The molecule has 1 aromatic carbocycles. The number of nitrogens with zero attached hydrogens (tertiary/aromatic N) is 6. The van der Waals surface area contributed by atoms with E-state index in [0.29, 0.717) is 11.8 Å². The molecule has 7 heteroatoms. The minimum Gasteiger partial charge on any atom is -0.202 e. The predicted octanol–water partition coefficient (Wildman–Crippen LogP) is 3.03. The van der Waals surface area contributed by atoms with Gasteiger partial charge in [-0.1, -0.05) is 34.1 Å². The second-order valence-electron chi connectivity index (χ2n) is 4.96. The molecule has 0 fully saturated rings. The Balaban J connectivity index is 2.04. The van der Waals surface area contributed by atoms with E-state index >= 15 is 0 Å². The van der Waals surface area contributed by atoms with Gasteiger partial charge >= 0.3 is 0 Å². The van der Waals surface area contributed by atoms with Gasteiger partial charge in [0.05, 0.1) is 11.9 Å². The Kier molecular flexibility index (Phi) is 3.89. The first kappa shape index (κ1) is 14.6. The maximum absolute atomic E-state index is 4.50. The summed E-state index contributed by atoms with van der Waals surface area (Å²) in [4.78, 5) is 0. The van der Waals surface area contributed by atoms with Crippen LogP contribution in [0.3, 0.4) is 0 Å². The van der Waals surface area contributed by atoms with Crippen LogP contribution in [0.4, 0.5) is 0 Å². The molecule has 0 unspecified atom stereocenters. The van der Waals surface area contributed by atoms with E-state index in [0.717, 1.165) is 21.4 Å². The molecule has 0 spiro atoms. The van der Waals surface area contributed by atoms with Crippen molar-refractivity contribution in [1.29, 1.82) is 0 Å². The molecule has 3 aromatic rings. The van der Waals surface area contributed by atoms with Crippen molar-refractivity contribution in [2.24, 2.45) is 5.10 Å². The molecular formula is C15H15BrN6. The molecule has 0 N–H and O–H groups in total. The van der Waals surface area contributed by atoms with Gasteiger partial charge in [-0.25, -0.2) is 4.68 Å². The van der Waals surface area contributed by atoms with Gasteiger partial charge in [0.1, 0.15) is 0 Å². The van der Waals surface area contributed by atoms with E-state index < -0.39 is 0 Å². The highest BCUT2D eigenvalue weighted by molar-refractivity contribution is 9.10. The molecule has 0 aliphatic rings. The zero-order valence-electron chi connectivity index (χ0n) is 12.5. The van der Waals surface area contributed by atoms with E-state index in [9.17, 15) is 0 Å². The van der Waals surface area contributed by atoms with Gasteiger partial charge in [-0.3, -0.25) is 0 Å². The van der Waals surface area contributed by atoms with Crippen molar-refractivity contribution >= 4 is 22.1 Å². The summed E-state index contributed by atoms with van der Waals surface area (Å²) in [6.45, 7) is 5.78. The SMILES string of the molecule is Cc1cc(C)n(-c2nnc(C)n2/N=C\c2ccccc2Br)n1. The van der Waals surface area contributed by atoms with Crippen LogP contribution in [0.1, 0.15) is 22.8 Å². The zero-order chi connectivity index (χ0) is 15.7. The highest BCUT2D eigenvalue weighted by atomic mass is 79.9. The van der Waals surface area contributed by atoms with Crippen molar-refractivity contribution in [3.8, 4) is 5.95 Å². The molecule has 0 saturated heterocycles. The summed E-state index contributed by atoms with van der Waals surface area (Å²) in [5.74, 6) is 1.28. The first-order chi connectivity index (χ1) is 10.6. The summed E-state index contributed by atoms with van der Waals surface area (Å²) in [5.41, 5.74) is 2.90. The minimum atomic E-state index is 0.575. The van der Waals surface area contributed by atoms with Crippen LogP contribution in [-0.4, -0.2) is 30.9 Å². The van der Waals surface area contributed by atoms with E-state index in [1.54, 1.807) is 15.6 Å². The lowest BCUT2D eigenvalue weighted by Crippen LogP contribution is -2.08. The number of halogens is 1. The second kappa shape index (κ2) is 5.84. The quantitative estimate of drug-likeness (QED) is 0.676. The second-order valence-corrected chi connectivity index (χ2v) is 5.82. The lowest BCUT2D eigenvalue weighted by molar-refractivity contribution is 0.708. The normalized spacial score (nSPS) is 11.5. The number of aromatic nitrogens is 5. The number of benzene rings is 1. The third-order valence-electron chi connectivity index (χ3n) is 3.20. The lowest BCUT2D eigenvalue weighted by atomic mass is 10.2. The fourth-order valence-electron chi connectivity index (χ4n) is 2.14. The number of aryl methyl sites for hydroxylation is 3. The van der Waals surface area contributed by atoms with Crippen LogP contribution in [0.25, 0.3) is 5.95 Å². The topological polar surface area (TPSA) is 60.9 Å². The third-order valence-corrected chi connectivity index (χ3v) is 3.92. The molecule has 2 aromatic heterocycles. The van der Waals surface area contributed by atoms with Gasteiger partial charge < -0.3 is 0 Å². The molecule has 0 amide bonds. The Morgan fingerprint density at radius 1 is 1.14 bits per heavy atom. The summed E-state index contributed by atoms with van der Waals surface area (Å²) in [5, 5.41) is 17.2. The molecular weight excluding hydrogens is 344 g/mol. The van der Waals surface area contributed by atoms with Gasteiger partial charge in [-0.05, 0) is 32.9 Å². The first-order valence-electron chi connectivity index (χ1n) is 6.81. The van der Waals surface area contributed by atoms with Crippen LogP contribution in [0.2, 0.25) is 0 Å². The Bertz CT molecular complexity index is 846. The average molecular weight is 359 g/mol. The van der Waals surface area contributed by atoms with Gasteiger partial charge in [-0.2, -0.15) is 14.9 Å². The van der Waals surface area contributed by atoms with Gasteiger partial charge in [0, 0.05) is 15.7 Å². The van der Waals surface area contributed by atoms with E-state index in [2.05, 4.69) is 36.3 Å². The Labute approximate surface area is 136 Å². The molecule has 6 nitrogen and oxygen atoms in total. The van der Waals surface area contributed by atoms with E-state index in [4.69, 9.17) is 0 Å². The molecule has 0 radical (unpaired) electrons. The summed E-state index contributed by atoms with van der Waals surface area (Å²) < 4.78 is 4.41. The largest absolute Gasteiger partial charge is 0.273 e. The van der Waals surface area contributed by atoms with Crippen LogP contribution >= 0.6 is 15.9 Å². The third kappa shape index (κ3) is 2.71. The van der Waals surface area contributed by atoms with Gasteiger partial charge in [0.25, 0.3) is 5.95 Å². The highest BCUT2D eigenvalue weighted by Crippen LogP contribution is 2.15. The van der Waals surface area contributed by atoms with E-state index in [-0.39, 0.29) is 0 Å². The lowest BCUT2D eigenvalue weighted by Gasteiger charge is -2.04. The molecule has 0 atom stereocenters. The highest BCUT2D eigenvalue weighted by Gasteiger charge is 2.13. The summed E-state index contributed by atoms with van der Waals surface area (Å²) in [7, 11) is 0. The fraction of sp³-hybridized carbons (Fsp3) is 0.200. The van der Waals surface area contributed by atoms with Crippen molar-refractivity contribution in [3.05, 3.63) is 57.6 Å². The van der Waals surface area contributed by atoms with Gasteiger partial charge in [0.2, 0.25) is 0 Å². The summed E-state index contributed by atoms with van der Waals surface area (Å²) in [6, 6.07) is 9.88. The Hall–Kier alpha value is -2.28. The first-order valence-corrected chi connectivity index (χ1v) is 7.60. The smallest absolute Gasteiger partial charge is 0.202 e. The Morgan fingerprint density at radius 3 is 2.59 bits per heavy atom. The Morgan fingerprint density at radius 2 is 1.91 bits per heavy atom. The van der Waals surface area contributed by atoms with Crippen LogP contribution in [0, 0.1) is 20.8 Å².